The zero-order valence-corrected chi connectivity index (χ0v) is 7.50. The van der Waals surface area contributed by atoms with Gasteiger partial charge < -0.3 is 24.7 Å². The molecule has 78 valence electrons. The molecule has 1 aliphatic rings. The molecule has 4 N–H and O–H groups in total. The van der Waals surface area contributed by atoms with Crippen LogP contribution in [0.4, 0.5) is 0 Å². The fourth-order valence-electron chi connectivity index (χ4n) is 0.984. The van der Waals surface area contributed by atoms with E-state index >= 15 is 0 Å². The van der Waals surface area contributed by atoms with Crippen LogP contribution in [0.2, 0.25) is 0 Å². The molecule has 0 amide bonds. The van der Waals surface area contributed by atoms with E-state index in [4.69, 9.17) is 24.7 Å². The van der Waals surface area contributed by atoms with Gasteiger partial charge in [0.1, 0.15) is 18.3 Å². The van der Waals surface area contributed by atoms with Crippen molar-refractivity contribution >= 4 is 7.82 Å². The van der Waals surface area contributed by atoms with Crippen LogP contribution in [0.25, 0.3) is 0 Å². The monoisotopic (exact) mass is 214 g/mol. The van der Waals surface area contributed by atoms with E-state index in [1.54, 1.807) is 0 Å². The van der Waals surface area contributed by atoms with Crippen LogP contribution in [0.3, 0.4) is 0 Å². The van der Waals surface area contributed by atoms with E-state index in [0.717, 1.165) is 0 Å². The highest BCUT2D eigenvalue weighted by Crippen LogP contribution is 2.36. The van der Waals surface area contributed by atoms with Crippen molar-refractivity contribution in [1.82, 2.24) is 0 Å². The first-order chi connectivity index (χ1) is 5.90. The van der Waals surface area contributed by atoms with Gasteiger partial charge in [-0.2, -0.15) is 0 Å². The molecule has 0 saturated carbocycles. The lowest BCUT2D eigenvalue weighted by Gasteiger charge is -2.14. The van der Waals surface area contributed by atoms with Crippen LogP contribution < -0.4 is 0 Å². The molecule has 7 nitrogen and oxygen atoms in total. The zero-order valence-electron chi connectivity index (χ0n) is 6.61. The number of rotatable bonds is 3. The SMILES string of the molecule is O=P(O)(O)OC[C@H]1OCC(O)C1O. The average Bonchev–Trinajstić information content (AvgIpc) is 2.29. The van der Waals surface area contributed by atoms with Gasteiger partial charge in [0.05, 0.1) is 13.2 Å². The Kier molecular flexibility index (Phi) is 3.42. The molecule has 1 fully saturated rings. The standard InChI is InChI=1S/C5H11O7P/c6-3-1-11-4(5(3)7)2-12-13(8,9)10/h3-7H,1-2H2,(H2,8,9,10)/t3?,4-,5?/m1/s1. The normalized spacial score (nSPS) is 35.2. The fraction of sp³-hybridized carbons (Fsp3) is 1.00. The summed E-state index contributed by atoms with van der Waals surface area (Å²) in [6.45, 7) is -0.501. The second-order valence-electron chi connectivity index (χ2n) is 2.72. The molecule has 1 aliphatic heterocycles. The van der Waals surface area contributed by atoms with Crippen molar-refractivity contribution in [3.8, 4) is 0 Å². The largest absolute Gasteiger partial charge is 0.469 e. The van der Waals surface area contributed by atoms with Crippen LogP contribution in [0.15, 0.2) is 0 Å². The van der Waals surface area contributed by atoms with Crippen molar-refractivity contribution in [2.75, 3.05) is 13.2 Å². The quantitative estimate of drug-likeness (QED) is 0.410. The molecule has 1 saturated heterocycles. The zero-order chi connectivity index (χ0) is 10.1. The van der Waals surface area contributed by atoms with E-state index in [9.17, 15) is 4.57 Å². The molecular formula is C5H11O7P. The van der Waals surface area contributed by atoms with Crippen LogP contribution >= 0.6 is 7.82 Å². The van der Waals surface area contributed by atoms with Crippen molar-refractivity contribution in [3.05, 3.63) is 0 Å². The number of phosphoric acid groups is 1. The van der Waals surface area contributed by atoms with Crippen LogP contribution in [0.5, 0.6) is 0 Å². The molecule has 0 radical (unpaired) electrons. The van der Waals surface area contributed by atoms with Gasteiger partial charge in [0.15, 0.2) is 0 Å². The van der Waals surface area contributed by atoms with Crippen LogP contribution in [0.1, 0.15) is 0 Å². The molecule has 0 spiro atoms. The summed E-state index contributed by atoms with van der Waals surface area (Å²) < 4.78 is 19.2. The third kappa shape index (κ3) is 3.32. The maximum Gasteiger partial charge on any atom is 0.469 e. The summed E-state index contributed by atoms with van der Waals surface area (Å²) in [5.74, 6) is 0. The summed E-state index contributed by atoms with van der Waals surface area (Å²) in [6, 6.07) is 0. The van der Waals surface area contributed by atoms with Gasteiger partial charge in [-0.05, 0) is 0 Å². The maximum absolute atomic E-state index is 10.2. The summed E-state index contributed by atoms with van der Waals surface area (Å²) in [5.41, 5.74) is 0. The smallest absolute Gasteiger partial charge is 0.388 e. The van der Waals surface area contributed by atoms with Crippen molar-refractivity contribution in [3.63, 3.8) is 0 Å². The summed E-state index contributed by atoms with van der Waals surface area (Å²) in [4.78, 5) is 16.6. The number of aliphatic hydroxyl groups is 2. The van der Waals surface area contributed by atoms with Crippen molar-refractivity contribution in [2.45, 2.75) is 18.3 Å². The number of hydrogen-bond acceptors (Lipinski definition) is 5. The summed E-state index contributed by atoms with van der Waals surface area (Å²) in [7, 11) is -4.54. The lowest BCUT2D eigenvalue weighted by molar-refractivity contribution is -0.00596. The van der Waals surface area contributed by atoms with Gasteiger partial charge in [0.2, 0.25) is 0 Å². The Balaban J connectivity index is 2.35. The molecule has 13 heavy (non-hydrogen) atoms. The van der Waals surface area contributed by atoms with Crippen molar-refractivity contribution < 1.29 is 33.8 Å². The van der Waals surface area contributed by atoms with Gasteiger partial charge in [0.25, 0.3) is 0 Å². The van der Waals surface area contributed by atoms with Crippen molar-refractivity contribution in [2.24, 2.45) is 0 Å². The highest BCUT2D eigenvalue weighted by Gasteiger charge is 2.35. The number of ether oxygens (including phenoxy) is 1. The van der Waals surface area contributed by atoms with E-state index in [1.807, 2.05) is 0 Å². The van der Waals surface area contributed by atoms with Crippen LogP contribution in [-0.4, -0.2) is 51.5 Å². The van der Waals surface area contributed by atoms with E-state index < -0.39 is 32.7 Å². The molecule has 2 unspecified atom stereocenters. The van der Waals surface area contributed by atoms with Gasteiger partial charge in [-0.3, -0.25) is 4.52 Å². The molecule has 8 heteroatoms. The van der Waals surface area contributed by atoms with E-state index in [2.05, 4.69) is 4.52 Å². The van der Waals surface area contributed by atoms with Gasteiger partial charge in [-0.15, -0.1) is 0 Å². The third-order valence-electron chi connectivity index (χ3n) is 1.66. The predicted octanol–water partition coefficient (Wildman–Crippen LogP) is -1.78. The molecule has 1 rings (SSSR count). The van der Waals surface area contributed by atoms with E-state index in [-0.39, 0.29) is 6.61 Å². The second-order valence-corrected chi connectivity index (χ2v) is 3.96. The van der Waals surface area contributed by atoms with Gasteiger partial charge >= 0.3 is 7.82 Å². The summed E-state index contributed by atoms with van der Waals surface area (Å²) in [6.07, 6.45) is -3.07. The molecule has 0 aromatic heterocycles. The minimum atomic E-state index is -4.54. The van der Waals surface area contributed by atoms with Crippen molar-refractivity contribution in [1.29, 1.82) is 0 Å². The lowest BCUT2D eigenvalue weighted by Crippen LogP contribution is -2.32. The Labute approximate surface area is 74.1 Å². The minimum Gasteiger partial charge on any atom is -0.388 e. The predicted molar refractivity (Wildman–Crippen MR) is 39.7 cm³/mol. The fourth-order valence-corrected chi connectivity index (χ4v) is 1.33. The Morgan fingerprint density at radius 1 is 1.46 bits per heavy atom. The lowest BCUT2D eigenvalue weighted by atomic mass is 10.2. The van der Waals surface area contributed by atoms with Gasteiger partial charge in [0, 0.05) is 0 Å². The molecule has 0 aromatic rings. The summed E-state index contributed by atoms with van der Waals surface area (Å²) in [5, 5.41) is 18.1. The molecule has 3 atom stereocenters. The third-order valence-corrected chi connectivity index (χ3v) is 2.15. The van der Waals surface area contributed by atoms with Gasteiger partial charge in [-0.25, -0.2) is 4.57 Å². The number of phosphoric ester groups is 1. The summed E-state index contributed by atoms with van der Waals surface area (Å²) >= 11 is 0. The Morgan fingerprint density at radius 2 is 2.08 bits per heavy atom. The molecular weight excluding hydrogens is 203 g/mol. The second kappa shape index (κ2) is 4.02. The van der Waals surface area contributed by atoms with Crippen LogP contribution in [0, 0.1) is 0 Å². The highest BCUT2D eigenvalue weighted by atomic mass is 31.2. The molecule has 0 aromatic carbocycles. The van der Waals surface area contributed by atoms with Gasteiger partial charge in [-0.1, -0.05) is 0 Å². The number of hydrogen-bond donors (Lipinski definition) is 4. The highest BCUT2D eigenvalue weighted by molar-refractivity contribution is 7.46. The topological polar surface area (TPSA) is 116 Å². The molecule has 0 aliphatic carbocycles. The first kappa shape index (κ1) is 11.1. The van der Waals surface area contributed by atoms with E-state index in [1.165, 1.54) is 0 Å². The first-order valence-electron chi connectivity index (χ1n) is 3.58. The Hall–Kier alpha value is -0.0100. The Morgan fingerprint density at radius 3 is 2.46 bits per heavy atom. The molecule has 0 bridgehead atoms. The number of aliphatic hydroxyl groups excluding tert-OH is 2. The maximum atomic E-state index is 10.2. The van der Waals surface area contributed by atoms with Crippen LogP contribution in [-0.2, 0) is 13.8 Å². The van der Waals surface area contributed by atoms with E-state index in [0.29, 0.717) is 0 Å². The minimum absolute atomic E-state index is 0.0592. The first-order valence-corrected chi connectivity index (χ1v) is 5.11. The Bertz CT molecular complexity index is 213. The average molecular weight is 214 g/mol. The molecule has 1 heterocycles.